The number of para-hydroxylation sites is 2. The average Bonchev–Trinajstić information content (AvgIpc) is 3.47. The molecular weight excluding hydrogens is 476 g/mol. The fourth-order valence-electron chi connectivity index (χ4n) is 4.59. The quantitative estimate of drug-likeness (QED) is 0.275. The van der Waals surface area contributed by atoms with Gasteiger partial charge in [0.2, 0.25) is 5.76 Å². The second-order valence-electron chi connectivity index (χ2n) is 9.22. The SMILES string of the molecule is Cc1nc(N2CCCC(C)C2)oc1C(=O)Nc1ccc2c(ccn2C(=O)Nc2ccccc2[N+](=O)[O-])c1. The fraction of sp³-hybridized carbons (Fsp3) is 0.269. The summed E-state index contributed by atoms with van der Waals surface area (Å²) < 4.78 is 7.19. The van der Waals surface area contributed by atoms with Gasteiger partial charge in [-0.25, -0.2) is 4.79 Å². The zero-order valence-electron chi connectivity index (χ0n) is 20.4. The summed E-state index contributed by atoms with van der Waals surface area (Å²) in [5.74, 6) is 0.297. The Hall–Kier alpha value is -4.67. The maximum atomic E-state index is 12.9. The van der Waals surface area contributed by atoms with E-state index in [2.05, 4.69) is 27.4 Å². The molecule has 0 saturated carbocycles. The number of aromatic nitrogens is 2. The summed E-state index contributed by atoms with van der Waals surface area (Å²) in [7, 11) is 0. The van der Waals surface area contributed by atoms with Crippen LogP contribution < -0.4 is 15.5 Å². The number of fused-ring (bicyclic) bond motifs is 1. The zero-order chi connectivity index (χ0) is 26.1. The van der Waals surface area contributed by atoms with Crippen molar-refractivity contribution in [1.82, 2.24) is 9.55 Å². The van der Waals surface area contributed by atoms with Crippen molar-refractivity contribution in [3.05, 3.63) is 76.3 Å². The molecule has 1 saturated heterocycles. The average molecular weight is 503 g/mol. The first-order chi connectivity index (χ1) is 17.8. The first-order valence-corrected chi connectivity index (χ1v) is 12.0. The summed E-state index contributed by atoms with van der Waals surface area (Å²) in [6, 6.07) is 12.7. The van der Waals surface area contributed by atoms with E-state index in [0.29, 0.717) is 34.2 Å². The standard InChI is InChI=1S/C26H26N6O5/c1-16-6-5-12-30(15-16)26-27-17(2)23(37-26)24(33)28-19-9-10-21-18(14-19)11-13-31(21)25(34)29-20-7-3-4-8-22(20)32(35)36/h3-4,7-11,13-14,16H,5-6,12,15H2,1-2H3,(H,28,33)(H,29,34). The van der Waals surface area contributed by atoms with Crippen LogP contribution in [-0.2, 0) is 0 Å². The molecule has 0 radical (unpaired) electrons. The van der Waals surface area contributed by atoms with Crippen LogP contribution in [0.25, 0.3) is 10.9 Å². The van der Waals surface area contributed by atoms with Crippen LogP contribution in [0.4, 0.5) is 27.9 Å². The first kappa shape index (κ1) is 24.0. The van der Waals surface area contributed by atoms with Crippen molar-refractivity contribution in [2.45, 2.75) is 26.7 Å². The van der Waals surface area contributed by atoms with E-state index < -0.39 is 16.9 Å². The van der Waals surface area contributed by atoms with Crippen molar-refractivity contribution in [1.29, 1.82) is 0 Å². The van der Waals surface area contributed by atoms with Crippen molar-refractivity contribution < 1.29 is 18.9 Å². The molecule has 0 spiro atoms. The Balaban J connectivity index is 1.31. The molecule has 4 aromatic rings. The van der Waals surface area contributed by atoms with E-state index in [1.54, 1.807) is 43.5 Å². The number of hydrogen-bond acceptors (Lipinski definition) is 7. The monoisotopic (exact) mass is 502 g/mol. The number of nitro benzene ring substituents is 1. The largest absolute Gasteiger partial charge is 0.418 e. The van der Waals surface area contributed by atoms with E-state index in [0.717, 1.165) is 19.5 Å². The normalized spacial score (nSPS) is 15.5. The van der Waals surface area contributed by atoms with Crippen molar-refractivity contribution in [2.24, 2.45) is 5.92 Å². The van der Waals surface area contributed by atoms with Gasteiger partial charge in [-0.3, -0.25) is 19.5 Å². The predicted octanol–water partition coefficient (Wildman–Crippen LogP) is 5.41. The Morgan fingerprint density at radius 3 is 2.76 bits per heavy atom. The molecule has 190 valence electrons. The van der Waals surface area contributed by atoms with Crippen molar-refractivity contribution in [3.8, 4) is 0 Å². The van der Waals surface area contributed by atoms with Crippen molar-refractivity contribution in [3.63, 3.8) is 0 Å². The number of carbonyl (C=O) groups excluding carboxylic acids is 2. The summed E-state index contributed by atoms with van der Waals surface area (Å²) >= 11 is 0. The minimum absolute atomic E-state index is 0.101. The highest BCUT2D eigenvalue weighted by atomic mass is 16.6. The number of oxazole rings is 1. The fourth-order valence-corrected chi connectivity index (χ4v) is 4.59. The Bertz CT molecular complexity index is 1510. The molecule has 1 aliphatic rings. The number of nitro groups is 1. The lowest BCUT2D eigenvalue weighted by Gasteiger charge is -2.29. The minimum atomic E-state index is -0.551. The summed E-state index contributed by atoms with van der Waals surface area (Å²) in [6.07, 6.45) is 3.79. The van der Waals surface area contributed by atoms with Crippen LogP contribution in [0.2, 0.25) is 0 Å². The van der Waals surface area contributed by atoms with Gasteiger partial charge in [0.05, 0.1) is 16.1 Å². The molecule has 37 heavy (non-hydrogen) atoms. The van der Waals surface area contributed by atoms with Gasteiger partial charge in [-0.2, -0.15) is 4.98 Å². The molecule has 1 unspecified atom stereocenters. The van der Waals surface area contributed by atoms with Crippen molar-refractivity contribution in [2.75, 3.05) is 28.6 Å². The van der Waals surface area contributed by atoms with Crippen LogP contribution in [0, 0.1) is 23.0 Å². The number of nitrogens with one attached hydrogen (secondary N) is 2. The highest BCUT2D eigenvalue weighted by Gasteiger charge is 2.24. The number of amides is 2. The van der Waals surface area contributed by atoms with Crippen LogP contribution in [0.3, 0.4) is 0 Å². The first-order valence-electron chi connectivity index (χ1n) is 12.0. The number of benzene rings is 2. The Kier molecular flexibility index (Phi) is 6.34. The van der Waals surface area contributed by atoms with Gasteiger partial charge in [-0.1, -0.05) is 19.1 Å². The highest BCUT2D eigenvalue weighted by Crippen LogP contribution is 2.27. The summed E-state index contributed by atoms with van der Waals surface area (Å²) in [4.78, 5) is 43.0. The number of nitrogens with zero attached hydrogens (tertiary/aromatic N) is 4. The predicted molar refractivity (Wildman–Crippen MR) is 139 cm³/mol. The molecule has 5 rings (SSSR count). The molecule has 1 fully saturated rings. The Labute approximate surface area is 212 Å². The summed E-state index contributed by atoms with van der Waals surface area (Å²) in [5.41, 5.74) is 1.52. The van der Waals surface area contributed by atoms with Crippen LogP contribution >= 0.6 is 0 Å². The molecule has 0 bridgehead atoms. The molecule has 1 atom stereocenters. The molecule has 11 nitrogen and oxygen atoms in total. The number of hydrogen-bond donors (Lipinski definition) is 2. The zero-order valence-corrected chi connectivity index (χ0v) is 20.4. The number of carbonyl (C=O) groups is 2. The maximum Gasteiger partial charge on any atom is 0.330 e. The topological polar surface area (TPSA) is 136 Å². The maximum absolute atomic E-state index is 12.9. The lowest BCUT2D eigenvalue weighted by molar-refractivity contribution is -0.383. The molecule has 2 aromatic heterocycles. The third-order valence-electron chi connectivity index (χ3n) is 6.43. The van der Waals surface area contributed by atoms with E-state index in [9.17, 15) is 19.7 Å². The number of rotatable bonds is 5. The van der Waals surface area contributed by atoms with E-state index >= 15 is 0 Å². The minimum Gasteiger partial charge on any atom is -0.418 e. The van der Waals surface area contributed by atoms with E-state index in [-0.39, 0.29) is 17.1 Å². The third kappa shape index (κ3) is 4.88. The van der Waals surface area contributed by atoms with E-state index in [1.807, 2.05) is 0 Å². The van der Waals surface area contributed by atoms with E-state index in [4.69, 9.17) is 4.42 Å². The van der Waals surface area contributed by atoms with Crippen LogP contribution in [0.1, 0.15) is 36.0 Å². The number of piperidine rings is 1. The number of aryl methyl sites for hydroxylation is 1. The second-order valence-corrected chi connectivity index (χ2v) is 9.22. The van der Waals surface area contributed by atoms with Gasteiger partial charge >= 0.3 is 6.03 Å². The van der Waals surface area contributed by atoms with Crippen LogP contribution in [-0.4, -0.2) is 39.5 Å². The Morgan fingerprint density at radius 2 is 1.97 bits per heavy atom. The molecule has 1 aliphatic heterocycles. The summed E-state index contributed by atoms with van der Waals surface area (Å²) in [5, 5.41) is 17.4. The van der Waals surface area contributed by atoms with Gasteiger partial charge < -0.3 is 20.0 Å². The molecule has 3 heterocycles. The second kappa shape index (κ2) is 9.76. The molecule has 2 N–H and O–H groups in total. The van der Waals surface area contributed by atoms with Crippen LogP contribution in [0.15, 0.2) is 59.1 Å². The van der Waals surface area contributed by atoms with E-state index in [1.165, 1.54) is 29.2 Å². The molecule has 0 aliphatic carbocycles. The highest BCUT2D eigenvalue weighted by molar-refractivity contribution is 6.05. The lowest BCUT2D eigenvalue weighted by Crippen LogP contribution is -2.34. The van der Waals surface area contributed by atoms with Crippen molar-refractivity contribution >= 4 is 45.9 Å². The lowest BCUT2D eigenvalue weighted by atomic mass is 10.0. The molecular formula is C26H26N6O5. The van der Waals surface area contributed by atoms with Gasteiger partial charge in [0, 0.05) is 36.4 Å². The Morgan fingerprint density at radius 1 is 1.16 bits per heavy atom. The molecule has 2 amide bonds. The van der Waals surface area contributed by atoms with Crippen LogP contribution in [0.5, 0.6) is 0 Å². The molecule has 2 aromatic carbocycles. The molecule has 11 heteroatoms. The summed E-state index contributed by atoms with van der Waals surface area (Å²) in [6.45, 7) is 5.63. The van der Waals surface area contributed by atoms with Gasteiger partial charge in [0.1, 0.15) is 5.69 Å². The third-order valence-corrected chi connectivity index (χ3v) is 6.43. The van der Waals surface area contributed by atoms with Gasteiger partial charge in [-0.15, -0.1) is 0 Å². The smallest absolute Gasteiger partial charge is 0.330 e. The van der Waals surface area contributed by atoms with Gasteiger partial charge in [0.15, 0.2) is 0 Å². The van der Waals surface area contributed by atoms with Gasteiger partial charge in [0.25, 0.3) is 17.6 Å². The van der Waals surface area contributed by atoms with Gasteiger partial charge in [-0.05, 0) is 56.0 Å². The number of anilines is 3.